The molecule has 13 heteroatoms. The molecular weight excluding hydrogens is 536 g/mol. The van der Waals surface area contributed by atoms with E-state index in [4.69, 9.17) is 4.52 Å². The molecule has 0 radical (unpaired) electrons. The number of carbonyl (C=O) groups is 1. The third-order valence-electron chi connectivity index (χ3n) is 7.07. The maximum absolute atomic E-state index is 12.3. The molecule has 0 saturated carbocycles. The topological polar surface area (TPSA) is 160 Å². The molecule has 5 rings (SSSR count). The number of aliphatic hydroxyl groups excluding tert-OH is 1. The minimum absolute atomic E-state index is 0.178. The van der Waals surface area contributed by atoms with Gasteiger partial charge in [-0.2, -0.15) is 5.10 Å². The highest BCUT2D eigenvalue weighted by Crippen LogP contribution is 2.24. The number of aromatic amines is 1. The fraction of sp³-hybridized carbons (Fsp3) is 0.414. The van der Waals surface area contributed by atoms with Crippen LogP contribution in [0.15, 0.2) is 47.0 Å². The van der Waals surface area contributed by atoms with Crippen molar-refractivity contribution in [1.29, 1.82) is 0 Å². The number of anilines is 4. The van der Waals surface area contributed by atoms with Gasteiger partial charge in [0.1, 0.15) is 23.2 Å². The molecule has 5 N–H and O–H groups in total. The number of aromatic nitrogens is 5. The zero-order valence-corrected chi connectivity index (χ0v) is 24.1. The first-order chi connectivity index (χ1) is 20.5. The lowest BCUT2D eigenvalue weighted by atomic mass is 10.1. The summed E-state index contributed by atoms with van der Waals surface area (Å²) in [5.41, 5.74) is 2.77. The fourth-order valence-electron chi connectivity index (χ4n) is 4.77. The number of amides is 2. The van der Waals surface area contributed by atoms with Gasteiger partial charge in [-0.15, -0.1) is 0 Å². The first kappa shape index (κ1) is 29.0. The number of aliphatic hydroxyl groups is 1. The summed E-state index contributed by atoms with van der Waals surface area (Å²) < 4.78 is 5.25. The number of nitrogens with one attached hydrogen (secondary N) is 4. The first-order valence-electron chi connectivity index (χ1n) is 14.3. The van der Waals surface area contributed by atoms with Crippen molar-refractivity contribution >= 4 is 29.3 Å². The largest absolute Gasteiger partial charge is 0.395 e. The van der Waals surface area contributed by atoms with Gasteiger partial charge in [0.05, 0.1) is 12.3 Å². The molecule has 13 nitrogen and oxygen atoms in total. The molecular formula is C29H38N10O3. The van der Waals surface area contributed by atoms with Crippen LogP contribution in [0.1, 0.15) is 36.9 Å². The van der Waals surface area contributed by atoms with E-state index in [1.165, 1.54) is 0 Å². The highest BCUT2D eigenvalue weighted by molar-refractivity contribution is 5.88. The summed E-state index contributed by atoms with van der Waals surface area (Å²) in [4.78, 5) is 25.9. The van der Waals surface area contributed by atoms with Gasteiger partial charge >= 0.3 is 6.03 Å². The number of hydrogen-bond donors (Lipinski definition) is 5. The van der Waals surface area contributed by atoms with E-state index in [1.807, 2.05) is 43.3 Å². The monoisotopic (exact) mass is 574 g/mol. The lowest BCUT2D eigenvalue weighted by molar-refractivity contribution is 0.188. The van der Waals surface area contributed by atoms with E-state index >= 15 is 0 Å². The van der Waals surface area contributed by atoms with E-state index in [1.54, 1.807) is 6.07 Å². The smallest absolute Gasteiger partial charge is 0.320 e. The van der Waals surface area contributed by atoms with Crippen LogP contribution in [0.2, 0.25) is 0 Å². The second-order valence-corrected chi connectivity index (χ2v) is 10.3. The van der Waals surface area contributed by atoms with Gasteiger partial charge in [0.2, 0.25) is 0 Å². The van der Waals surface area contributed by atoms with Crippen LogP contribution in [0.5, 0.6) is 0 Å². The Labute approximate surface area is 244 Å². The molecule has 222 valence electrons. The number of aryl methyl sites for hydroxylation is 2. The van der Waals surface area contributed by atoms with Crippen LogP contribution in [-0.4, -0.2) is 80.7 Å². The van der Waals surface area contributed by atoms with E-state index in [0.29, 0.717) is 36.4 Å². The predicted molar refractivity (Wildman–Crippen MR) is 161 cm³/mol. The summed E-state index contributed by atoms with van der Waals surface area (Å²) in [5.74, 6) is 4.05. The van der Waals surface area contributed by atoms with Crippen LogP contribution in [0.25, 0.3) is 11.3 Å². The Bertz CT molecular complexity index is 1440. The number of unbranched alkanes of at least 4 members (excludes halogenated alkanes) is 1. The molecule has 0 unspecified atom stereocenters. The van der Waals surface area contributed by atoms with Crippen molar-refractivity contribution < 1.29 is 14.4 Å². The number of β-amino-alcohol motifs (C(OH)–C–C–N with tert-alkyl or cyclic N) is 1. The van der Waals surface area contributed by atoms with Crippen LogP contribution in [0, 0.1) is 6.92 Å². The van der Waals surface area contributed by atoms with Crippen molar-refractivity contribution in [2.45, 2.75) is 39.7 Å². The number of hydrogen-bond acceptors (Lipinski definition) is 10. The molecule has 0 spiro atoms. The molecule has 0 atom stereocenters. The summed E-state index contributed by atoms with van der Waals surface area (Å²) >= 11 is 0. The van der Waals surface area contributed by atoms with Crippen molar-refractivity contribution in [3.63, 3.8) is 0 Å². The van der Waals surface area contributed by atoms with Gasteiger partial charge in [-0.25, -0.2) is 14.8 Å². The molecule has 2 amide bonds. The summed E-state index contributed by atoms with van der Waals surface area (Å²) in [6, 6.07) is 13.2. The Morgan fingerprint density at radius 1 is 1.05 bits per heavy atom. The van der Waals surface area contributed by atoms with Gasteiger partial charge in [0, 0.05) is 63.9 Å². The zero-order chi connectivity index (χ0) is 29.3. The van der Waals surface area contributed by atoms with Gasteiger partial charge in [0.15, 0.2) is 11.6 Å². The molecule has 0 aliphatic carbocycles. The van der Waals surface area contributed by atoms with E-state index < -0.39 is 0 Å². The minimum Gasteiger partial charge on any atom is -0.395 e. The Morgan fingerprint density at radius 2 is 1.86 bits per heavy atom. The second-order valence-electron chi connectivity index (χ2n) is 10.3. The van der Waals surface area contributed by atoms with Crippen molar-refractivity contribution in [3.8, 4) is 11.3 Å². The van der Waals surface area contributed by atoms with Crippen molar-refractivity contribution in [2.24, 2.45) is 0 Å². The molecule has 1 fully saturated rings. The van der Waals surface area contributed by atoms with E-state index in [2.05, 4.69) is 58.0 Å². The van der Waals surface area contributed by atoms with Gasteiger partial charge in [-0.05, 0) is 24.5 Å². The van der Waals surface area contributed by atoms with Crippen LogP contribution in [-0.2, 0) is 13.0 Å². The fourth-order valence-corrected chi connectivity index (χ4v) is 4.77. The third-order valence-corrected chi connectivity index (χ3v) is 7.07. The number of nitrogens with zero attached hydrogens (tertiary/aromatic N) is 6. The minimum atomic E-state index is -0.342. The molecule has 3 aromatic heterocycles. The molecule has 4 heterocycles. The molecule has 42 heavy (non-hydrogen) atoms. The van der Waals surface area contributed by atoms with Gasteiger partial charge in [-0.1, -0.05) is 42.8 Å². The van der Waals surface area contributed by atoms with E-state index in [9.17, 15) is 9.90 Å². The molecule has 1 aliphatic rings. The Balaban J connectivity index is 1.13. The second kappa shape index (κ2) is 13.9. The molecule has 1 saturated heterocycles. The molecule has 1 aliphatic heterocycles. The number of carbonyl (C=O) groups excluding carboxylic acids is 1. The van der Waals surface area contributed by atoms with Crippen LogP contribution < -0.4 is 20.9 Å². The summed E-state index contributed by atoms with van der Waals surface area (Å²) in [6.45, 7) is 8.71. The number of H-pyrrole nitrogens is 1. The Morgan fingerprint density at radius 3 is 2.62 bits per heavy atom. The summed E-state index contributed by atoms with van der Waals surface area (Å²) in [5, 5.41) is 29.4. The molecule has 1 aromatic carbocycles. The van der Waals surface area contributed by atoms with Gasteiger partial charge in [0.25, 0.3) is 0 Å². The molecule has 0 bridgehead atoms. The van der Waals surface area contributed by atoms with E-state index in [-0.39, 0.29) is 12.6 Å². The third kappa shape index (κ3) is 7.83. The maximum atomic E-state index is 12.3. The maximum Gasteiger partial charge on any atom is 0.320 e. The van der Waals surface area contributed by atoms with Crippen molar-refractivity contribution in [2.75, 3.05) is 54.9 Å². The Kier molecular flexibility index (Phi) is 9.62. The summed E-state index contributed by atoms with van der Waals surface area (Å²) in [7, 11) is 0. The van der Waals surface area contributed by atoms with Crippen molar-refractivity contribution in [1.82, 2.24) is 35.5 Å². The SMILES string of the molecule is CCCCc1cc(NC(=O)NCc2ccc(-c3cc(Nc4cc(N5CCN(CCO)CC5)nc(C)n4)n[nH]3)cc2)no1. The number of urea groups is 1. The van der Waals surface area contributed by atoms with Crippen LogP contribution in [0.3, 0.4) is 0 Å². The van der Waals surface area contributed by atoms with Crippen LogP contribution in [0.4, 0.5) is 28.1 Å². The average molecular weight is 575 g/mol. The quantitative estimate of drug-likeness (QED) is 0.169. The van der Waals surface area contributed by atoms with Crippen LogP contribution >= 0.6 is 0 Å². The zero-order valence-electron chi connectivity index (χ0n) is 24.1. The Hall–Kier alpha value is -4.49. The number of piperazine rings is 1. The van der Waals surface area contributed by atoms with Crippen molar-refractivity contribution in [3.05, 3.63) is 59.6 Å². The standard InChI is InChI=1S/C29H38N10O3/c1-3-4-5-23-16-27(37-42-23)34-29(41)30-19-21-6-8-22(9-7-21)24-17-26(36-35-24)33-25-18-28(32-20(2)31-25)39-12-10-38(11-13-39)14-15-40/h6-9,16-18,40H,3-5,10-15,19H2,1-2H3,(H2,30,34,37,41)(H2,31,32,33,35,36). The highest BCUT2D eigenvalue weighted by Gasteiger charge is 2.19. The lowest BCUT2D eigenvalue weighted by Gasteiger charge is -2.35. The molecule has 4 aromatic rings. The summed E-state index contributed by atoms with van der Waals surface area (Å²) in [6.07, 6.45) is 2.89. The first-order valence-corrected chi connectivity index (χ1v) is 14.3. The normalized spacial score (nSPS) is 13.7. The number of benzene rings is 1. The number of rotatable bonds is 12. The van der Waals surface area contributed by atoms with E-state index in [0.717, 1.165) is 73.8 Å². The predicted octanol–water partition coefficient (Wildman–Crippen LogP) is 3.69. The van der Waals surface area contributed by atoms with Gasteiger partial charge in [-0.3, -0.25) is 15.3 Å². The highest BCUT2D eigenvalue weighted by atomic mass is 16.5. The average Bonchev–Trinajstić information content (AvgIpc) is 3.65. The lowest BCUT2D eigenvalue weighted by Crippen LogP contribution is -2.47. The van der Waals surface area contributed by atoms with Gasteiger partial charge < -0.3 is 25.2 Å².